The van der Waals surface area contributed by atoms with Gasteiger partial charge in [0.2, 0.25) is 0 Å². The van der Waals surface area contributed by atoms with E-state index >= 15 is 0 Å². The molecule has 8 heavy (non-hydrogen) atoms. The van der Waals surface area contributed by atoms with E-state index in [0.717, 1.165) is 0 Å². The fourth-order valence-corrected chi connectivity index (χ4v) is 0.203. The highest BCUT2D eigenvalue weighted by Crippen LogP contribution is 1.74. The topological polar surface area (TPSA) is 57.2 Å². The largest absolute Gasteiger partial charge is 0.550 e. The zero-order valence-corrected chi connectivity index (χ0v) is 4.93. The Morgan fingerprint density at radius 2 is 1.88 bits per heavy atom. The second-order valence-corrected chi connectivity index (χ2v) is 1.25. The van der Waals surface area contributed by atoms with Crippen molar-refractivity contribution in [2.75, 3.05) is 0 Å². The number of carbonyl (C=O) groups excluding carboxylic acids is 2. The van der Waals surface area contributed by atoms with E-state index < -0.39 is 12.4 Å². The molecule has 0 aliphatic heterocycles. The Morgan fingerprint density at radius 3 is 1.88 bits per heavy atom. The number of rotatable bonds is 2. The highest BCUT2D eigenvalue weighted by Gasteiger charge is 1.88. The van der Waals surface area contributed by atoms with E-state index in [0.29, 0.717) is 0 Å². The number of aliphatic carboxylic acids is 1. The van der Waals surface area contributed by atoms with Crippen LogP contribution in [0.1, 0.15) is 13.3 Å². The van der Waals surface area contributed by atoms with Gasteiger partial charge in [0.15, 0.2) is 0 Å². The van der Waals surface area contributed by atoms with Gasteiger partial charge in [-0.15, -0.1) is 0 Å². The maximum atomic E-state index is 9.83. The van der Waals surface area contributed by atoms with E-state index in [9.17, 15) is 14.7 Å². The van der Waals surface area contributed by atoms with Crippen LogP contribution >= 0.6 is 0 Å². The summed E-state index contributed by atoms with van der Waals surface area (Å²) in [6.07, 6.45) is -0.472. The molecule has 0 aliphatic rings. The summed E-state index contributed by atoms with van der Waals surface area (Å²) in [5.41, 5.74) is 0. The molecule has 0 bridgehead atoms. The molecule has 0 aromatic heterocycles. The first kappa shape index (κ1) is 10.1. The first-order chi connectivity index (χ1) is 3.13. The van der Waals surface area contributed by atoms with Crippen molar-refractivity contribution in [3.63, 3.8) is 0 Å². The van der Waals surface area contributed by atoms with Gasteiger partial charge in [-0.05, 0) is 6.92 Å². The van der Waals surface area contributed by atoms with Crippen molar-refractivity contribution in [2.24, 2.45) is 0 Å². The van der Waals surface area contributed by atoms with Crippen molar-refractivity contribution in [2.45, 2.75) is 13.3 Å². The Kier molecular flexibility index (Phi) is 5.27. The highest BCUT2D eigenvalue weighted by molar-refractivity contribution is 5.92. The molecule has 0 spiro atoms. The van der Waals surface area contributed by atoms with Crippen LogP contribution in [0.4, 0.5) is 0 Å². The first-order valence-corrected chi connectivity index (χ1v) is 1.82. The molecule has 0 saturated carbocycles. The summed E-state index contributed by atoms with van der Waals surface area (Å²) in [6, 6.07) is 0. The van der Waals surface area contributed by atoms with Crippen LogP contribution in [0, 0.1) is 7.43 Å². The highest BCUT2D eigenvalue weighted by atomic mass is 16.4. The number of Topliss-reactive ketones (excluding diaryl/α,β-unsaturated/α-hetero) is 1. The predicted octanol–water partition coefficient (Wildman–Crippen LogP) is -0.834. The number of hydrogen-bond donors (Lipinski definition) is 0. The van der Waals surface area contributed by atoms with Gasteiger partial charge in [0, 0.05) is 19.8 Å². The lowest BCUT2D eigenvalue weighted by atomic mass is 10.3. The van der Waals surface area contributed by atoms with Crippen LogP contribution in [-0.4, -0.2) is 11.8 Å². The third kappa shape index (κ3) is 8.89. The zero-order valence-electron chi connectivity index (χ0n) is 4.93. The standard InChI is InChI=1S/C4H6O3.CH3/c1-3(5)2-4(6)7;/h2H2,1H3,(H,6,7);1H3/q;+1/p-1. The van der Waals surface area contributed by atoms with E-state index in [4.69, 9.17) is 0 Å². The van der Waals surface area contributed by atoms with Crippen molar-refractivity contribution in [1.82, 2.24) is 0 Å². The summed E-state index contributed by atoms with van der Waals surface area (Å²) in [5, 5.41) is 9.48. The molecule has 3 nitrogen and oxygen atoms in total. The molecule has 0 amide bonds. The van der Waals surface area contributed by atoms with Crippen LogP contribution in [0.5, 0.6) is 0 Å². The van der Waals surface area contributed by atoms with Crippen LogP contribution < -0.4 is 5.11 Å². The predicted molar refractivity (Wildman–Crippen MR) is 26.7 cm³/mol. The van der Waals surface area contributed by atoms with Crippen molar-refractivity contribution in [1.29, 1.82) is 0 Å². The Hall–Kier alpha value is -0.990. The molecule has 0 unspecified atom stereocenters. The molecule has 0 aromatic carbocycles. The summed E-state index contributed by atoms with van der Waals surface area (Å²) in [6.45, 7) is 1.20. The average Bonchev–Trinajstić information content (AvgIpc) is 1.27. The van der Waals surface area contributed by atoms with Gasteiger partial charge < -0.3 is 9.90 Å². The van der Waals surface area contributed by atoms with Crippen LogP contribution in [0.2, 0.25) is 0 Å². The molecular formula is C5H8O3. The van der Waals surface area contributed by atoms with Crippen molar-refractivity contribution < 1.29 is 14.7 Å². The molecule has 0 aliphatic carbocycles. The number of carboxylic acids is 1. The van der Waals surface area contributed by atoms with Crippen molar-refractivity contribution >= 4 is 11.8 Å². The molecule has 0 N–H and O–H groups in total. The lowest BCUT2D eigenvalue weighted by Crippen LogP contribution is -2.24. The Morgan fingerprint density at radius 1 is 1.50 bits per heavy atom. The monoisotopic (exact) mass is 116 g/mol. The van der Waals surface area contributed by atoms with Gasteiger partial charge in [0.05, 0.1) is 0 Å². The molecule has 0 saturated heterocycles. The Bertz CT molecular complexity index is 83.8. The minimum Gasteiger partial charge on any atom is -0.550 e. The zero-order chi connectivity index (χ0) is 5.86. The van der Waals surface area contributed by atoms with Gasteiger partial charge in [0.25, 0.3) is 0 Å². The van der Waals surface area contributed by atoms with Gasteiger partial charge in [-0.3, -0.25) is 4.79 Å². The van der Waals surface area contributed by atoms with Crippen LogP contribution in [0.15, 0.2) is 0 Å². The Labute approximate surface area is 48.3 Å². The molecule has 0 radical (unpaired) electrons. The lowest BCUT2D eigenvalue weighted by molar-refractivity contribution is -0.304. The molecule has 0 aromatic rings. The van der Waals surface area contributed by atoms with E-state index in [-0.39, 0.29) is 13.2 Å². The molecular weight excluding hydrogens is 108 g/mol. The third-order valence-corrected chi connectivity index (χ3v) is 0.393. The van der Waals surface area contributed by atoms with Gasteiger partial charge in [-0.25, -0.2) is 0 Å². The molecule has 0 rings (SSSR count). The fourth-order valence-electron chi connectivity index (χ4n) is 0.203. The quantitative estimate of drug-likeness (QED) is 0.349. The number of carbonyl (C=O) groups is 2. The maximum absolute atomic E-state index is 9.83. The van der Waals surface area contributed by atoms with Gasteiger partial charge >= 0.3 is 0 Å². The molecule has 0 heterocycles. The summed E-state index contributed by atoms with van der Waals surface area (Å²) in [4.78, 5) is 19.3. The van der Waals surface area contributed by atoms with Gasteiger partial charge in [0.1, 0.15) is 5.78 Å². The second-order valence-electron chi connectivity index (χ2n) is 1.25. The van der Waals surface area contributed by atoms with Crippen LogP contribution in [0.25, 0.3) is 0 Å². The van der Waals surface area contributed by atoms with Crippen molar-refractivity contribution in [3.05, 3.63) is 7.43 Å². The fraction of sp³-hybridized carbons (Fsp3) is 0.400. The SMILES string of the molecule is CC(=O)CC(=O)[O-].[CH3+]. The summed E-state index contributed by atoms with van der Waals surface area (Å²) in [7, 11) is 0. The minimum atomic E-state index is -1.31. The number of carboxylic acid groups (broad SMARTS) is 1. The normalized spacial score (nSPS) is 7.12. The van der Waals surface area contributed by atoms with Crippen LogP contribution in [-0.2, 0) is 9.59 Å². The minimum absolute atomic E-state index is 0. The first-order valence-electron chi connectivity index (χ1n) is 1.82. The third-order valence-electron chi connectivity index (χ3n) is 0.393. The average molecular weight is 116 g/mol. The number of hydrogen-bond acceptors (Lipinski definition) is 3. The van der Waals surface area contributed by atoms with E-state index in [1.165, 1.54) is 6.92 Å². The molecule has 3 heteroatoms. The van der Waals surface area contributed by atoms with E-state index in [1.54, 1.807) is 0 Å². The van der Waals surface area contributed by atoms with E-state index in [2.05, 4.69) is 0 Å². The number of ketones is 1. The van der Waals surface area contributed by atoms with Crippen LogP contribution in [0.3, 0.4) is 0 Å². The molecule has 46 valence electrons. The molecule has 0 atom stereocenters. The van der Waals surface area contributed by atoms with E-state index in [1.807, 2.05) is 0 Å². The lowest BCUT2D eigenvalue weighted by Gasteiger charge is -1.92. The van der Waals surface area contributed by atoms with Gasteiger partial charge in [-0.1, -0.05) is 0 Å². The summed E-state index contributed by atoms with van der Waals surface area (Å²) >= 11 is 0. The maximum Gasteiger partial charge on any atom is 0.135 e. The van der Waals surface area contributed by atoms with Crippen molar-refractivity contribution in [3.8, 4) is 0 Å². The summed E-state index contributed by atoms with van der Waals surface area (Å²) < 4.78 is 0. The Balaban J connectivity index is 0. The molecule has 0 fully saturated rings. The van der Waals surface area contributed by atoms with Gasteiger partial charge in [-0.2, -0.15) is 0 Å². The smallest absolute Gasteiger partial charge is 0.135 e. The second kappa shape index (κ2) is 4.18. The summed E-state index contributed by atoms with van der Waals surface area (Å²) in [5.74, 6) is -1.69.